The first-order chi connectivity index (χ1) is 18.7. The number of rotatable bonds is 8. The number of allylic oxidation sites excluding steroid dienone is 1. The molecule has 0 bridgehead atoms. The Morgan fingerprint density at radius 3 is 2.74 bits per heavy atom. The van der Waals surface area contributed by atoms with E-state index in [-0.39, 0.29) is 5.82 Å². The molecule has 0 aliphatic carbocycles. The number of benzene rings is 1. The van der Waals surface area contributed by atoms with E-state index in [1.807, 2.05) is 70.0 Å². The van der Waals surface area contributed by atoms with Gasteiger partial charge in [-0.1, -0.05) is 12.7 Å². The monoisotopic (exact) mass is 525 g/mol. The fraction of sp³-hybridized carbons (Fsp3) is 0.241. The third-order valence-electron chi connectivity index (χ3n) is 6.67. The molecule has 3 N–H and O–H groups in total. The van der Waals surface area contributed by atoms with Crippen LogP contribution < -0.4 is 15.9 Å². The number of anilines is 1. The van der Waals surface area contributed by atoms with E-state index in [4.69, 9.17) is 4.98 Å². The van der Waals surface area contributed by atoms with Crippen LogP contribution in [0, 0.1) is 12.7 Å². The molecule has 0 spiro atoms. The van der Waals surface area contributed by atoms with Crippen molar-refractivity contribution < 1.29 is 4.39 Å². The first kappa shape index (κ1) is 26.1. The molecule has 39 heavy (non-hydrogen) atoms. The van der Waals surface area contributed by atoms with Crippen molar-refractivity contribution in [2.24, 2.45) is 7.05 Å². The topological polar surface area (TPSA) is 103 Å². The van der Waals surface area contributed by atoms with Crippen molar-refractivity contribution in [2.75, 3.05) is 32.5 Å². The van der Waals surface area contributed by atoms with Gasteiger partial charge in [0.15, 0.2) is 5.82 Å². The van der Waals surface area contributed by atoms with Crippen LogP contribution in [-0.4, -0.2) is 66.8 Å². The van der Waals surface area contributed by atoms with Gasteiger partial charge in [0.2, 0.25) is 0 Å². The molecule has 9 nitrogen and oxygen atoms in total. The number of pyridine rings is 1. The minimum atomic E-state index is -0.342. The molecule has 0 saturated carbocycles. The lowest BCUT2D eigenvalue weighted by Crippen LogP contribution is -2.23. The first-order valence-corrected chi connectivity index (χ1v) is 12.7. The number of fused-ring (bicyclic) bond motifs is 1. The van der Waals surface area contributed by atoms with Crippen LogP contribution in [0.15, 0.2) is 43.2 Å². The lowest BCUT2D eigenvalue weighted by atomic mass is 10.1. The van der Waals surface area contributed by atoms with Gasteiger partial charge < -0.3 is 19.8 Å². The van der Waals surface area contributed by atoms with E-state index >= 15 is 0 Å². The van der Waals surface area contributed by atoms with E-state index in [0.717, 1.165) is 39.7 Å². The van der Waals surface area contributed by atoms with Gasteiger partial charge in [-0.05, 0) is 63.9 Å². The number of aromatic nitrogens is 7. The average molecular weight is 526 g/mol. The normalized spacial score (nSPS) is 12.7. The summed E-state index contributed by atoms with van der Waals surface area (Å²) in [5.74, 6) is 1.13. The van der Waals surface area contributed by atoms with Crippen LogP contribution in [0.25, 0.3) is 51.5 Å². The number of hydrogen-bond acceptors (Lipinski definition) is 6. The largest absolute Gasteiger partial charge is 0.384 e. The maximum atomic E-state index is 14.6. The molecular weight excluding hydrogens is 493 g/mol. The number of imidazole rings is 2. The summed E-state index contributed by atoms with van der Waals surface area (Å²) in [7, 11) is 5.96. The van der Waals surface area contributed by atoms with Crippen LogP contribution in [0.2, 0.25) is 0 Å². The highest BCUT2D eigenvalue weighted by molar-refractivity contribution is 5.92. The summed E-state index contributed by atoms with van der Waals surface area (Å²) in [6.45, 7) is 9.69. The average Bonchev–Trinajstić information content (AvgIpc) is 3.60. The zero-order valence-corrected chi connectivity index (χ0v) is 22.8. The minimum Gasteiger partial charge on any atom is -0.384 e. The van der Waals surface area contributed by atoms with Crippen molar-refractivity contribution in [3.05, 3.63) is 71.1 Å². The van der Waals surface area contributed by atoms with E-state index in [1.165, 1.54) is 12.1 Å². The number of hydrogen-bond donors (Lipinski definition) is 3. The zero-order valence-electron chi connectivity index (χ0n) is 22.8. The van der Waals surface area contributed by atoms with Crippen molar-refractivity contribution >= 4 is 34.4 Å². The molecule has 0 unspecified atom stereocenters. The fourth-order valence-corrected chi connectivity index (χ4v) is 4.47. The Hall–Kier alpha value is -4.57. The predicted molar refractivity (Wildman–Crippen MR) is 155 cm³/mol. The van der Waals surface area contributed by atoms with Gasteiger partial charge in [-0.2, -0.15) is 5.10 Å². The Balaban J connectivity index is 1.58. The molecule has 1 aromatic carbocycles. The predicted octanol–water partition coefficient (Wildman–Crippen LogP) is 3.46. The number of likely N-dealkylation sites (N-methyl/N-ethyl adjacent to an activating group) is 1. The second kappa shape index (κ2) is 10.7. The molecular formula is C29H32FN9. The lowest BCUT2D eigenvalue weighted by Gasteiger charge is -2.12. The first-order valence-electron chi connectivity index (χ1n) is 12.7. The summed E-state index contributed by atoms with van der Waals surface area (Å²) in [6, 6.07) is 6.71. The molecule has 200 valence electrons. The summed E-state index contributed by atoms with van der Waals surface area (Å²) < 4.78 is 16.6. The summed E-state index contributed by atoms with van der Waals surface area (Å²) in [5.41, 5.74) is 5.70. The highest BCUT2D eigenvalue weighted by atomic mass is 19.1. The Morgan fingerprint density at radius 1 is 1.21 bits per heavy atom. The molecule has 5 rings (SSSR count). The SMILES string of the molecule is C=C(/C=c1/c(-c2nc3c(-c4cc(F)cc(NCCN(C)C)c4)nccc3[nH]2)n[nH]/c1=C/C)c1cnc(C)n1C. The zero-order chi connectivity index (χ0) is 27.7. The van der Waals surface area contributed by atoms with Gasteiger partial charge in [0.25, 0.3) is 0 Å². The molecule has 0 aliphatic rings. The van der Waals surface area contributed by atoms with E-state index < -0.39 is 0 Å². The van der Waals surface area contributed by atoms with Crippen molar-refractivity contribution in [1.29, 1.82) is 0 Å². The number of nitrogens with one attached hydrogen (secondary N) is 3. The molecule has 0 aliphatic heterocycles. The molecule has 0 atom stereocenters. The van der Waals surface area contributed by atoms with Crippen molar-refractivity contribution in [3.63, 3.8) is 0 Å². The van der Waals surface area contributed by atoms with Crippen LogP contribution in [-0.2, 0) is 7.05 Å². The standard InChI is InChI=1S/C29H32FN9/c1-7-23-22(12-17(2)25-16-33-18(3)39(25)6)27(37-36-23)29-34-24-8-9-32-26(28(24)35-29)19-13-20(30)15-21(14-19)31-10-11-38(4)5/h7-9,12-16,31,36H,2,10-11H2,1,3-6H3,(H,34,35)/b22-12+,23-7+. The number of aromatic amines is 2. The van der Waals surface area contributed by atoms with Crippen LogP contribution in [0.5, 0.6) is 0 Å². The van der Waals surface area contributed by atoms with Gasteiger partial charge in [-0.25, -0.2) is 14.4 Å². The smallest absolute Gasteiger partial charge is 0.159 e. The van der Waals surface area contributed by atoms with Gasteiger partial charge >= 0.3 is 0 Å². The second-order valence-electron chi connectivity index (χ2n) is 9.71. The van der Waals surface area contributed by atoms with E-state index in [9.17, 15) is 4.39 Å². The number of H-pyrrole nitrogens is 2. The van der Waals surface area contributed by atoms with E-state index in [2.05, 4.69) is 41.9 Å². The van der Waals surface area contributed by atoms with Gasteiger partial charge in [-0.3, -0.25) is 10.1 Å². The third kappa shape index (κ3) is 5.23. The Labute approximate surface area is 225 Å². The van der Waals surface area contributed by atoms with Gasteiger partial charge in [-0.15, -0.1) is 0 Å². The molecule has 4 heterocycles. The third-order valence-corrected chi connectivity index (χ3v) is 6.67. The molecule has 0 fully saturated rings. The maximum absolute atomic E-state index is 14.6. The minimum absolute atomic E-state index is 0.342. The highest BCUT2D eigenvalue weighted by Crippen LogP contribution is 2.29. The molecule has 0 saturated heterocycles. The van der Waals surface area contributed by atoms with E-state index in [1.54, 1.807) is 6.20 Å². The van der Waals surface area contributed by atoms with Crippen LogP contribution >= 0.6 is 0 Å². The highest BCUT2D eigenvalue weighted by Gasteiger charge is 2.16. The summed E-state index contributed by atoms with van der Waals surface area (Å²) in [6.07, 6.45) is 7.44. The van der Waals surface area contributed by atoms with Crippen LogP contribution in [0.1, 0.15) is 18.4 Å². The summed E-state index contributed by atoms with van der Waals surface area (Å²) in [5, 5.41) is 12.7. The Morgan fingerprint density at radius 2 is 2.03 bits per heavy atom. The molecule has 10 heteroatoms. The van der Waals surface area contributed by atoms with Crippen molar-refractivity contribution in [1.82, 2.24) is 39.6 Å². The van der Waals surface area contributed by atoms with Crippen LogP contribution in [0.4, 0.5) is 10.1 Å². The van der Waals surface area contributed by atoms with Gasteiger partial charge in [0, 0.05) is 42.8 Å². The van der Waals surface area contributed by atoms with Gasteiger partial charge in [0.1, 0.15) is 22.9 Å². The lowest BCUT2D eigenvalue weighted by molar-refractivity contribution is 0.425. The Bertz CT molecular complexity index is 1790. The molecule has 0 radical (unpaired) electrons. The maximum Gasteiger partial charge on any atom is 0.159 e. The van der Waals surface area contributed by atoms with Crippen molar-refractivity contribution in [2.45, 2.75) is 13.8 Å². The second-order valence-corrected chi connectivity index (χ2v) is 9.71. The molecule has 0 amide bonds. The molecule has 5 aromatic rings. The van der Waals surface area contributed by atoms with Gasteiger partial charge in [0.05, 0.1) is 28.5 Å². The van der Waals surface area contributed by atoms with Crippen molar-refractivity contribution in [3.8, 4) is 22.8 Å². The number of aryl methyl sites for hydroxylation is 1. The van der Waals surface area contributed by atoms with Crippen LogP contribution in [0.3, 0.4) is 0 Å². The molecule has 4 aromatic heterocycles. The Kier molecular flexibility index (Phi) is 7.12. The number of halogens is 1. The summed E-state index contributed by atoms with van der Waals surface area (Å²) >= 11 is 0. The summed E-state index contributed by atoms with van der Waals surface area (Å²) in [4.78, 5) is 19.3. The quantitative estimate of drug-likeness (QED) is 0.287. The number of nitrogens with zero attached hydrogens (tertiary/aromatic N) is 6. The van der Waals surface area contributed by atoms with E-state index in [0.29, 0.717) is 40.5 Å². The fourth-order valence-electron chi connectivity index (χ4n) is 4.47.